The minimum absolute atomic E-state index is 0.123. The summed E-state index contributed by atoms with van der Waals surface area (Å²) in [6.45, 7) is 1.60. The molecule has 9 heteroatoms. The molecule has 0 saturated heterocycles. The van der Waals surface area contributed by atoms with E-state index in [4.69, 9.17) is 0 Å². The number of nitrogens with one attached hydrogen (secondary N) is 2. The maximum Gasteiger partial charge on any atom is 0.251 e. The van der Waals surface area contributed by atoms with E-state index in [1.54, 1.807) is 47.8 Å². The van der Waals surface area contributed by atoms with E-state index in [2.05, 4.69) is 25.7 Å². The molecule has 162 valence electrons. The molecule has 0 spiro atoms. The highest BCUT2D eigenvalue weighted by atomic mass is 16.2. The van der Waals surface area contributed by atoms with Crippen LogP contribution in [-0.2, 0) is 24.4 Å². The molecular formula is C23H23N7O2. The van der Waals surface area contributed by atoms with Gasteiger partial charge in [-0.25, -0.2) is 14.6 Å². The van der Waals surface area contributed by atoms with E-state index in [9.17, 15) is 9.59 Å². The number of aromatic nitrogens is 5. The number of nitrogens with zero attached hydrogens (tertiary/aromatic N) is 5. The van der Waals surface area contributed by atoms with Gasteiger partial charge in [-0.3, -0.25) is 9.59 Å². The van der Waals surface area contributed by atoms with Crippen LogP contribution in [0.1, 0.15) is 27.9 Å². The summed E-state index contributed by atoms with van der Waals surface area (Å²) in [6, 6.07) is 14.9. The molecule has 0 saturated carbocycles. The lowest BCUT2D eigenvalue weighted by atomic mass is 10.1. The molecule has 0 radical (unpaired) electrons. The summed E-state index contributed by atoms with van der Waals surface area (Å²) in [4.78, 5) is 32.6. The van der Waals surface area contributed by atoms with E-state index in [0.717, 1.165) is 11.1 Å². The van der Waals surface area contributed by atoms with Gasteiger partial charge in [0.05, 0.1) is 12.9 Å². The summed E-state index contributed by atoms with van der Waals surface area (Å²) in [7, 11) is 0. The van der Waals surface area contributed by atoms with Crippen molar-refractivity contribution in [2.45, 2.75) is 26.1 Å². The van der Waals surface area contributed by atoms with Crippen molar-refractivity contribution in [3.63, 3.8) is 0 Å². The van der Waals surface area contributed by atoms with Crippen molar-refractivity contribution in [3.05, 3.63) is 96.6 Å². The summed E-state index contributed by atoms with van der Waals surface area (Å²) >= 11 is 0. The van der Waals surface area contributed by atoms with E-state index in [0.29, 0.717) is 37.3 Å². The molecule has 0 bridgehead atoms. The molecule has 2 aromatic heterocycles. The highest BCUT2D eigenvalue weighted by Crippen LogP contribution is 2.12. The van der Waals surface area contributed by atoms with Crippen molar-refractivity contribution in [2.24, 2.45) is 0 Å². The lowest BCUT2D eigenvalue weighted by molar-refractivity contribution is -0.116. The fraction of sp³-hybridized carbons (Fsp3) is 0.174. The molecule has 2 amide bonds. The van der Waals surface area contributed by atoms with Crippen molar-refractivity contribution < 1.29 is 9.59 Å². The zero-order valence-electron chi connectivity index (χ0n) is 17.4. The first-order valence-electron chi connectivity index (χ1n) is 10.2. The Labute approximate surface area is 185 Å². The second kappa shape index (κ2) is 10.2. The molecule has 2 heterocycles. The van der Waals surface area contributed by atoms with Gasteiger partial charge in [0, 0.05) is 43.2 Å². The molecule has 0 fully saturated rings. The number of aryl methyl sites for hydroxylation is 1. The minimum atomic E-state index is -0.203. The molecule has 9 nitrogen and oxygen atoms in total. The summed E-state index contributed by atoms with van der Waals surface area (Å²) in [5, 5.41) is 9.84. The normalized spacial score (nSPS) is 10.6. The summed E-state index contributed by atoms with van der Waals surface area (Å²) in [5.74, 6) is -0.326. The number of anilines is 1. The van der Waals surface area contributed by atoms with Crippen LogP contribution in [0.2, 0.25) is 0 Å². The number of benzene rings is 2. The van der Waals surface area contributed by atoms with E-state index in [1.165, 1.54) is 6.33 Å². The minimum Gasteiger partial charge on any atom is -0.348 e. The molecule has 0 atom stereocenters. The summed E-state index contributed by atoms with van der Waals surface area (Å²) in [5.41, 5.74) is 3.16. The smallest absolute Gasteiger partial charge is 0.251 e. The van der Waals surface area contributed by atoms with Crippen molar-refractivity contribution in [1.29, 1.82) is 0 Å². The number of amides is 2. The van der Waals surface area contributed by atoms with Gasteiger partial charge in [-0.2, -0.15) is 5.10 Å². The predicted molar refractivity (Wildman–Crippen MR) is 119 cm³/mol. The quantitative estimate of drug-likeness (QED) is 0.425. The van der Waals surface area contributed by atoms with Crippen LogP contribution >= 0.6 is 0 Å². The maximum atomic E-state index is 12.6. The fourth-order valence-electron chi connectivity index (χ4n) is 3.16. The molecule has 0 aliphatic rings. The van der Waals surface area contributed by atoms with Gasteiger partial charge >= 0.3 is 0 Å². The van der Waals surface area contributed by atoms with Crippen LogP contribution in [0.5, 0.6) is 0 Å². The zero-order chi connectivity index (χ0) is 22.2. The topological polar surface area (TPSA) is 107 Å². The van der Waals surface area contributed by atoms with Crippen LogP contribution in [0.4, 0.5) is 5.69 Å². The zero-order valence-corrected chi connectivity index (χ0v) is 17.4. The highest BCUT2D eigenvalue weighted by molar-refractivity contribution is 5.97. The second-order valence-corrected chi connectivity index (χ2v) is 7.27. The third-order valence-electron chi connectivity index (χ3n) is 4.85. The van der Waals surface area contributed by atoms with Gasteiger partial charge in [-0.05, 0) is 29.3 Å². The lowest BCUT2D eigenvalue weighted by Gasteiger charge is -2.09. The lowest BCUT2D eigenvalue weighted by Crippen LogP contribution is -2.23. The Morgan fingerprint density at radius 1 is 0.969 bits per heavy atom. The fourth-order valence-corrected chi connectivity index (χ4v) is 3.16. The Morgan fingerprint density at radius 2 is 1.81 bits per heavy atom. The molecule has 4 aromatic rings. The number of carbonyl (C=O) groups excluding carboxylic acids is 2. The Kier molecular flexibility index (Phi) is 6.66. The van der Waals surface area contributed by atoms with Gasteiger partial charge in [0.15, 0.2) is 0 Å². The number of hydrogen-bond donors (Lipinski definition) is 2. The van der Waals surface area contributed by atoms with Crippen LogP contribution in [0, 0.1) is 0 Å². The highest BCUT2D eigenvalue weighted by Gasteiger charge is 2.08. The van der Waals surface area contributed by atoms with Crippen LogP contribution < -0.4 is 10.6 Å². The van der Waals surface area contributed by atoms with Gasteiger partial charge in [0.2, 0.25) is 5.91 Å². The van der Waals surface area contributed by atoms with Gasteiger partial charge in [-0.15, -0.1) is 0 Å². The Balaban J connectivity index is 1.27. The molecule has 0 aliphatic heterocycles. The molecular weight excluding hydrogens is 406 g/mol. The third-order valence-corrected chi connectivity index (χ3v) is 4.85. The predicted octanol–water partition coefficient (Wildman–Crippen LogP) is 2.48. The van der Waals surface area contributed by atoms with Gasteiger partial charge in [0.1, 0.15) is 12.7 Å². The van der Waals surface area contributed by atoms with Crippen LogP contribution in [0.15, 0.2) is 79.9 Å². The molecule has 4 rings (SSSR count). The van der Waals surface area contributed by atoms with Crippen LogP contribution in [-0.4, -0.2) is 36.1 Å². The van der Waals surface area contributed by atoms with Crippen molar-refractivity contribution in [2.75, 3.05) is 5.32 Å². The standard InChI is InChI=1S/C23H23N7O2/c31-22(8-10-29-11-9-24-16-29)28-21-3-1-2-20(12-21)23(32)26-13-18-4-6-19(7-5-18)14-30-17-25-15-27-30/h1-7,9,11-12,15-17H,8,10,13-14H2,(H,26,32)(H,28,31). The number of imidazole rings is 1. The Hall–Kier alpha value is -4.27. The van der Waals surface area contributed by atoms with Crippen molar-refractivity contribution in [1.82, 2.24) is 29.6 Å². The van der Waals surface area contributed by atoms with E-state index >= 15 is 0 Å². The summed E-state index contributed by atoms with van der Waals surface area (Å²) in [6.07, 6.45) is 8.65. The first kappa shape index (κ1) is 21.0. The molecule has 32 heavy (non-hydrogen) atoms. The number of rotatable bonds is 9. The molecule has 2 aromatic carbocycles. The monoisotopic (exact) mass is 429 g/mol. The first-order chi connectivity index (χ1) is 15.7. The van der Waals surface area contributed by atoms with Crippen molar-refractivity contribution >= 4 is 17.5 Å². The molecule has 0 aliphatic carbocycles. The molecule has 0 unspecified atom stereocenters. The Bertz CT molecular complexity index is 1150. The van der Waals surface area contributed by atoms with E-state index < -0.39 is 0 Å². The average molecular weight is 429 g/mol. The average Bonchev–Trinajstić information content (AvgIpc) is 3.52. The molecule has 2 N–H and O–H groups in total. The van der Waals surface area contributed by atoms with Gasteiger partial charge < -0.3 is 15.2 Å². The second-order valence-electron chi connectivity index (χ2n) is 7.27. The summed E-state index contributed by atoms with van der Waals surface area (Å²) < 4.78 is 3.59. The van der Waals surface area contributed by atoms with Gasteiger partial charge in [-0.1, -0.05) is 30.3 Å². The number of carbonyl (C=O) groups is 2. The van der Waals surface area contributed by atoms with E-state index in [-0.39, 0.29) is 11.8 Å². The number of hydrogen-bond acceptors (Lipinski definition) is 5. The largest absolute Gasteiger partial charge is 0.348 e. The maximum absolute atomic E-state index is 12.6. The van der Waals surface area contributed by atoms with Gasteiger partial charge in [0.25, 0.3) is 5.91 Å². The SMILES string of the molecule is O=C(CCn1ccnc1)Nc1cccc(C(=O)NCc2ccc(Cn3cncn3)cc2)c1. The first-order valence-corrected chi connectivity index (χ1v) is 10.2. The van der Waals surface area contributed by atoms with Crippen LogP contribution in [0.3, 0.4) is 0 Å². The Morgan fingerprint density at radius 3 is 2.56 bits per heavy atom. The van der Waals surface area contributed by atoms with Crippen molar-refractivity contribution in [3.8, 4) is 0 Å². The van der Waals surface area contributed by atoms with E-state index in [1.807, 2.05) is 35.0 Å². The third kappa shape index (κ3) is 5.88. The van der Waals surface area contributed by atoms with Crippen LogP contribution in [0.25, 0.3) is 0 Å².